The molecule has 0 aromatic heterocycles. The van der Waals surface area contributed by atoms with Crippen molar-refractivity contribution in [3.63, 3.8) is 0 Å². The van der Waals surface area contributed by atoms with Crippen LogP contribution in [0, 0.1) is 0 Å². The Morgan fingerprint density at radius 2 is 0.848 bits per heavy atom. The van der Waals surface area contributed by atoms with Gasteiger partial charge >= 0.3 is 0 Å². The SMILES string of the molecule is CCCCCCCCc1ccc(OCCOCCOCCOCCOCCOCCOCCOCCOc2ccccc2N)cc1. The number of hydrogen-bond donors (Lipinski definition) is 1. The summed E-state index contributed by atoms with van der Waals surface area (Å²) in [4.78, 5) is 0. The Bertz CT molecular complexity index is 932. The summed E-state index contributed by atoms with van der Waals surface area (Å²) in [6.07, 6.45) is 9.10. The first-order chi connectivity index (χ1) is 22.8. The molecule has 262 valence electrons. The van der Waals surface area contributed by atoms with Crippen molar-refractivity contribution in [2.75, 3.05) is 111 Å². The first-order valence-corrected chi connectivity index (χ1v) is 17.0. The molecule has 0 spiro atoms. The summed E-state index contributed by atoms with van der Waals surface area (Å²) >= 11 is 0. The molecular formula is C36H59NO9. The van der Waals surface area contributed by atoms with E-state index in [1.807, 2.05) is 18.2 Å². The van der Waals surface area contributed by atoms with Gasteiger partial charge in [-0.1, -0.05) is 63.3 Å². The van der Waals surface area contributed by atoms with E-state index in [1.54, 1.807) is 6.07 Å². The summed E-state index contributed by atoms with van der Waals surface area (Å²) < 4.78 is 49.9. The average Bonchev–Trinajstić information content (AvgIpc) is 3.07. The Kier molecular flexibility index (Phi) is 25.9. The lowest BCUT2D eigenvalue weighted by Crippen LogP contribution is -2.15. The molecule has 0 aliphatic carbocycles. The highest BCUT2D eigenvalue weighted by molar-refractivity contribution is 5.51. The van der Waals surface area contributed by atoms with Gasteiger partial charge in [0.15, 0.2) is 0 Å². The number of benzene rings is 2. The Labute approximate surface area is 277 Å². The molecule has 0 unspecified atom stereocenters. The van der Waals surface area contributed by atoms with Gasteiger partial charge in [0.2, 0.25) is 0 Å². The number of nitrogen functional groups attached to an aromatic ring is 1. The molecule has 0 heterocycles. The van der Waals surface area contributed by atoms with E-state index in [1.165, 1.54) is 44.1 Å². The molecule has 0 aliphatic rings. The number of rotatable bonds is 33. The largest absolute Gasteiger partial charge is 0.491 e. The molecule has 0 saturated carbocycles. The molecule has 2 N–H and O–H groups in total. The number of anilines is 1. The summed E-state index contributed by atoms with van der Waals surface area (Å²) in [6, 6.07) is 15.8. The van der Waals surface area contributed by atoms with Crippen LogP contribution in [0.4, 0.5) is 5.69 Å². The second-order valence-corrected chi connectivity index (χ2v) is 10.7. The van der Waals surface area contributed by atoms with Crippen molar-refractivity contribution in [1.82, 2.24) is 0 Å². The fraction of sp³-hybridized carbons (Fsp3) is 0.667. The topological polar surface area (TPSA) is 109 Å². The van der Waals surface area contributed by atoms with Gasteiger partial charge in [0.25, 0.3) is 0 Å². The Morgan fingerprint density at radius 3 is 1.33 bits per heavy atom. The summed E-state index contributed by atoms with van der Waals surface area (Å²) in [5.74, 6) is 1.56. The smallest absolute Gasteiger partial charge is 0.142 e. The fourth-order valence-corrected chi connectivity index (χ4v) is 4.32. The zero-order valence-corrected chi connectivity index (χ0v) is 28.1. The van der Waals surface area contributed by atoms with Gasteiger partial charge in [-0.2, -0.15) is 0 Å². The van der Waals surface area contributed by atoms with Crippen LogP contribution in [0.5, 0.6) is 11.5 Å². The molecule has 0 radical (unpaired) electrons. The maximum Gasteiger partial charge on any atom is 0.142 e. The summed E-state index contributed by atoms with van der Waals surface area (Å²) in [6.45, 7) is 10.4. The van der Waals surface area contributed by atoms with E-state index >= 15 is 0 Å². The molecule has 0 amide bonds. The van der Waals surface area contributed by atoms with Crippen LogP contribution in [-0.2, 0) is 39.6 Å². The molecule has 46 heavy (non-hydrogen) atoms. The van der Waals surface area contributed by atoms with Gasteiger partial charge in [-0.25, -0.2) is 0 Å². The van der Waals surface area contributed by atoms with Crippen molar-refractivity contribution >= 4 is 5.69 Å². The van der Waals surface area contributed by atoms with Crippen molar-refractivity contribution in [3.8, 4) is 11.5 Å². The minimum absolute atomic E-state index is 0.443. The van der Waals surface area contributed by atoms with E-state index in [4.69, 9.17) is 48.4 Å². The first-order valence-electron chi connectivity index (χ1n) is 17.0. The molecule has 2 aromatic carbocycles. The van der Waals surface area contributed by atoms with Gasteiger partial charge in [-0.3, -0.25) is 0 Å². The lowest BCUT2D eigenvalue weighted by molar-refractivity contribution is -0.0218. The normalized spacial score (nSPS) is 11.2. The summed E-state index contributed by atoms with van der Waals surface area (Å²) in [7, 11) is 0. The van der Waals surface area contributed by atoms with Gasteiger partial charge in [-0.15, -0.1) is 0 Å². The maximum absolute atomic E-state index is 5.82. The molecule has 0 atom stereocenters. The lowest BCUT2D eigenvalue weighted by atomic mass is 10.0. The molecular weight excluding hydrogens is 590 g/mol. The van der Waals surface area contributed by atoms with Crippen LogP contribution < -0.4 is 15.2 Å². The number of para-hydroxylation sites is 2. The van der Waals surface area contributed by atoms with Crippen molar-refractivity contribution in [3.05, 3.63) is 54.1 Å². The highest BCUT2D eigenvalue weighted by atomic mass is 16.6. The number of ether oxygens (including phenoxy) is 9. The maximum atomic E-state index is 5.82. The Balaban J connectivity index is 1.21. The second kappa shape index (κ2) is 29.9. The van der Waals surface area contributed by atoms with E-state index in [9.17, 15) is 0 Å². The van der Waals surface area contributed by atoms with E-state index in [0.717, 1.165) is 12.2 Å². The van der Waals surface area contributed by atoms with E-state index in [2.05, 4.69) is 31.2 Å². The number of unbranched alkanes of at least 4 members (excludes halogenated alkanes) is 5. The van der Waals surface area contributed by atoms with Crippen LogP contribution in [0.2, 0.25) is 0 Å². The molecule has 10 nitrogen and oxygen atoms in total. The molecule has 2 rings (SSSR count). The highest BCUT2D eigenvalue weighted by Crippen LogP contribution is 2.19. The molecule has 0 bridgehead atoms. The van der Waals surface area contributed by atoms with Gasteiger partial charge in [0.1, 0.15) is 24.7 Å². The molecule has 10 heteroatoms. The predicted octanol–water partition coefficient (Wildman–Crippen LogP) is 5.75. The van der Waals surface area contributed by atoms with Crippen LogP contribution in [-0.4, -0.2) is 106 Å². The zero-order chi connectivity index (χ0) is 32.6. The van der Waals surface area contributed by atoms with E-state index < -0.39 is 0 Å². The molecule has 0 saturated heterocycles. The van der Waals surface area contributed by atoms with Gasteiger partial charge in [0.05, 0.1) is 98.2 Å². The average molecular weight is 650 g/mol. The number of hydrogen-bond acceptors (Lipinski definition) is 10. The van der Waals surface area contributed by atoms with E-state index in [-0.39, 0.29) is 0 Å². The van der Waals surface area contributed by atoms with E-state index in [0.29, 0.717) is 117 Å². The van der Waals surface area contributed by atoms with Crippen molar-refractivity contribution in [2.45, 2.75) is 51.9 Å². The number of nitrogens with two attached hydrogens (primary N) is 1. The minimum atomic E-state index is 0.443. The third-order valence-corrected chi connectivity index (χ3v) is 6.88. The molecule has 0 aliphatic heterocycles. The summed E-state index contributed by atoms with van der Waals surface area (Å²) in [5.41, 5.74) is 7.82. The Hall–Kier alpha value is -2.44. The van der Waals surface area contributed by atoms with Crippen molar-refractivity contribution in [2.24, 2.45) is 0 Å². The predicted molar refractivity (Wildman–Crippen MR) is 181 cm³/mol. The fourth-order valence-electron chi connectivity index (χ4n) is 4.32. The Morgan fingerprint density at radius 1 is 0.435 bits per heavy atom. The zero-order valence-electron chi connectivity index (χ0n) is 28.1. The first kappa shape index (κ1) is 39.7. The standard InChI is InChI=1S/C36H59NO9/c1-2-3-4-5-6-7-10-33-13-15-34(16-14-33)45-31-29-43-27-25-41-23-21-39-19-17-38-18-20-40-22-24-42-26-28-44-30-32-46-36-12-9-8-11-35(36)37/h8-9,11-16H,2-7,10,17-32,37H2,1H3. The third-order valence-electron chi connectivity index (χ3n) is 6.88. The van der Waals surface area contributed by atoms with Gasteiger partial charge < -0.3 is 48.4 Å². The monoisotopic (exact) mass is 649 g/mol. The van der Waals surface area contributed by atoms with Crippen LogP contribution in [0.1, 0.15) is 51.0 Å². The van der Waals surface area contributed by atoms with Gasteiger partial charge in [0, 0.05) is 0 Å². The van der Waals surface area contributed by atoms with Gasteiger partial charge in [-0.05, 0) is 42.7 Å². The van der Waals surface area contributed by atoms with Crippen LogP contribution >= 0.6 is 0 Å². The van der Waals surface area contributed by atoms with Crippen molar-refractivity contribution < 1.29 is 42.6 Å². The quantitative estimate of drug-likeness (QED) is 0.0759. The molecule has 0 fully saturated rings. The highest BCUT2D eigenvalue weighted by Gasteiger charge is 2.00. The summed E-state index contributed by atoms with van der Waals surface area (Å²) in [5, 5.41) is 0. The lowest BCUT2D eigenvalue weighted by Gasteiger charge is -2.10. The number of aryl methyl sites for hydroxylation is 1. The second-order valence-electron chi connectivity index (χ2n) is 10.7. The van der Waals surface area contributed by atoms with Crippen LogP contribution in [0.3, 0.4) is 0 Å². The minimum Gasteiger partial charge on any atom is -0.491 e. The third kappa shape index (κ3) is 23.0. The molecule has 2 aromatic rings. The van der Waals surface area contributed by atoms with Crippen LogP contribution in [0.15, 0.2) is 48.5 Å². The van der Waals surface area contributed by atoms with Crippen molar-refractivity contribution in [1.29, 1.82) is 0 Å². The van der Waals surface area contributed by atoms with Crippen LogP contribution in [0.25, 0.3) is 0 Å².